The Morgan fingerprint density at radius 2 is 2.09 bits per heavy atom. The maximum atomic E-state index is 9.68. The standard InChI is InChI=1S/C10H16O/c1-10(2)6-5-7-3-4-8(11)9(7)10/h8,11H,3-6H2,1-2H3. The minimum Gasteiger partial charge on any atom is -0.389 e. The third-order valence-corrected chi connectivity index (χ3v) is 3.21. The topological polar surface area (TPSA) is 20.2 Å². The Morgan fingerprint density at radius 1 is 1.36 bits per heavy atom. The SMILES string of the molecule is CC1(C)CCC2=C1C(O)CC2. The van der Waals surface area contributed by atoms with Crippen LogP contribution < -0.4 is 0 Å². The second-order valence-corrected chi connectivity index (χ2v) is 4.46. The zero-order chi connectivity index (χ0) is 8.06. The maximum absolute atomic E-state index is 9.68. The summed E-state index contributed by atoms with van der Waals surface area (Å²) in [6.45, 7) is 4.51. The number of rotatable bonds is 0. The first-order valence-electron chi connectivity index (χ1n) is 4.52. The predicted molar refractivity (Wildman–Crippen MR) is 45.3 cm³/mol. The van der Waals surface area contributed by atoms with Crippen molar-refractivity contribution in [1.82, 2.24) is 0 Å². The van der Waals surface area contributed by atoms with Crippen molar-refractivity contribution >= 4 is 0 Å². The molecule has 0 fully saturated rings. The lowest BCUT2D eigenvalue weighted by atomic mass is 9.83. The number of hydrogen-bond donors (Lipinski definition) is 1. The van der Waals surface area contributed by atoms with Gasteiger partial charge >= 0.3 is 0 Å². The molecule has 0 aromatic carbocycles. The van der Waals surface area contributed by atoms with Gasteiger partial charge in [-0.2, -0.15) is 0 Å². The molecule has 62 valence electrons. The molecule has 2 aliphatic rings. The first kappa shape index (κ1) is 7.35. The van der Waals surface area contributed by atoms with E-state index in [1.165, 1.54) is 18.4 Å². The molecule has 1 nitrogen and oxygen atoms in total. The number of hydrogen-bond acceptors (Lipinski definition) is 1. The summed E-state index contributed by atoms with van der Waals surface area (Å²) >= 11 is 0. The lowest BCUT2D eigenvalue weighted by molar-refractivity contribution is 0.183. The Morgan fingerprint density at radius 3 is 2.73 bits per heavy atom. The molecule has 1 atom stereocenters. The van der Waals surface area contributed by atoms with Gasteiger partial charge in [-0.3, -0.25) is 0 Å². The van der Waals surface area contributed by atoms with Crippen molar-refractivity contribution in [3.63, 3.8) is 0 Å². The average Bonchev–Trinajstić information content (AvgIpc) is 2.38. The number of aliphatic hydroxyl groups is 1. The fourth-order valence-electron chi connectivity index (χ4n) is 2.61. The van der Waals surface area contributed by atoms with Gasteiger partial charge in [-0.1, -0.05) is 19.4 Å². The van der Waals surface area contributed by atoms with Gasteiger partial charge in [0.2, 0.25) is 0 Å². The number of aliphatic hydroxyl groups excluding tert-OH is 1. The van der Waals surface area contributed by atoms with Crippen molar-refractivity contribution in [2.24, 2.45) is 5.41 Å². The summed E-state index contributed by atoms with van der Waals surface area (Å²) in [5, 5.41) is 9.68. The van der Waals surface area contributed by atoms with E-state index in [1.54, 1.807) is 5.57 Å². The molecule has 0 spiro atoms. The summed E-state index contributed by atoms with van der Waals surface area (Å²) in [7, 11) is 0. The van der Waals surface area contributed by atoms with Gasteiger partial charge < -0.3 is 5.11 Å². The molecule has 11 heavy (non-hydrogen) atoms. The van der Waals surface area contributed by atoms with Crippen LogP contribution in [0.5, 0.6) is 0 Å². The third-order valence-electron chi connectivity index (χ3n) is 3.21. The van der Waals surface area contributed by atoms with Crippen molar-refractivity contribution in [1.29, 1.82) is 0 Å². The van der Waals surface area contributed by atoms with Crippen molar-refractivity contribution < 1.29 is 5.11 Å². The molecule has 0 saturated heterocycles. The molecule has 2 aliphatic carbocycles. The highest BCUT2D eigenvalue weighted by Crippen LogP contribution is 2.49. The summed E-state index contributed by atoms with van der Waals surface area (Å²) in [5.41, 5.74) is 3.23. The number of allylic oxidation sites excluding steroid dienone is 1. The second kappa shape index (κ2) is 2.10. The van der Waals surface area contributed by atoms with Gasteiger partial charge in [-0.05, 0) is 36.7 Å². The van der Waals surface area contributed by atoms with Gasteiger partial charge in [-0.15, -0.1) is 0 Å². The molecule has 0 radical (unpaired) electrons. The van der Waals surface area contributed by atoms with E-state index in [0.717, 1.165) is 12.8 Å². The molecule has 0 heterocycles. The van der Waals surface area contributed by atoms with Crippen molar-refractivity contribution in [2.75, 3.05) is 0 Å². The lowest BCUT2D eigenvalue weighted by Crippen LogP contribution is -2.19. The van der Waals surface area contributed by atoms with Crippen molar-refractivity contribution in [2.45, 2.75) is 45.6 Å². The molecule has 0 aromatic heterocycles. The van der Waals surface area contributed by atoms with Crippen molar-refractivity contribution in [3.8, 4) is 0 Å². The first-order chi connectivity index (χ1) is 5.11. The molecule has 0 aliphatic heterocycles. The predicted octanol–water partition coefficient (Wildman–Crippen LogP) is 2.26. The van der Waals surface area contributed by atoms with E-state index in [-0.39, 0.29) is 6.10 Å². The van der Waals surface area contributed by atoms with Crippen LogP contribution in [0.2, 0.25) is 0 Å². The van der Waals surface area contributed by atoms with Gasteiger partial charge in [0.15, 0.2) is 0 Å². The summed E-state index contributed by atoms with van der Waals surface area (Å²) < 4.78 is 0. The van der Waals surface area contributed by atoms with Crippen LogP contribution >= 0.6 is 0 Å². The van der Waals surface area contributed by atoms with Crippen LogP contribution in [0.3, 0.4) is 0 Å². The van der Waals surface area contributed by atoms with Crippen LogP contribution in [0.4, 0.5) is 0 Å². The van der Waals surface area contributed by atoms with E-state index < -0.39 is 0 Å². The highest BCUT2D eigenvalue weighted by molar-refractivity contribution is 5.33. The minimum absolute atomic E-state index is 0.109. The van der Waals surface area contributed by atoms with Crippen LogP contribution in [0.25, 0.3) is 0 Å². The van der Waals surface area contributed by atoms with Crippen LogP contribution in [-0.2, 0) is 0 Å². The smallest absolute Gasteiger partial charge is 0.0761 e. The van der Waals surface area contributed by atoms with Gasteiger partial charge in [0.1, 0.15) is 0 Å². The van der Waals surface area contributed by atoms with Crippen LogP contribution in [-0.4, -0.2) is 11.2 Å². The Hall–Kier alpha value is -0.300. The zero-order valence-electron chi connectivity index (χ0n) is 7.35. The molecule has 2 rings (SSSR count). The van der Waals surface area contributed by atoms with Crippen molar-refractivity contribution in [3.05, 3.63) is 11.1 Å². The fraction of sp³-hybridized carbons (Fsp3) is 0.800. The molecule has 0 saturated carbocycles. The quantitative estimate of drug-likeness (QED) is 0.528. The third kappa shape index (κ3) is 0.943. The van der Waals surface area contributed by atoms with Gasteiger partial charge in [0.25, 0.3) is 0 Å². The molecule has 1 heteroatoms. The van der Waals surface area contributed by atoms with Gasteiger partial charge in [0, 0.05) is 0 Å². The first-order valence-corrected chi connectivity index (χ1v) is 4.52. The molecule has 1 N–H and O–H groups in total. The lowest BCUT2D eigenvalue weighted by Gasteiger charge is -2.24. The average molecular weight is 152 g/mol. The second-order valence-electron chi connectivity index (χ2n) is 4.46. The normalized spacial score (nSPS) is 34.6. The Balaban J connectivity index is 2.35. The molecule has 1 unspecified atom stereocenters. The van der Waals surface area contributed by atoms with Gasteiger partial charge in [0.05, 0.1) is 6.10 Å². The fourth-order valence-corrected chi connectivity index (χ4v) is 2.61. The van der Waals surface area contributed by atoms with Crippen LogP contribution in [0, 0.1) is 5.41 Å². The molecular weight excluding hydrogens is 136 g/mol. The molecule has 0 aromatic rings. The highest BCUT2D eigenvalue weighted by Gasteiger charge is 2.39. The Labute approximate surface area is 68.1 Å². The van der Waals surface area contributed by atoms with Crippen LogP contribution in [0.15, 0.2) is 11.1 Å². The minimum atomic E-state index is -0.109. The van der Waals surface area contributed by atoms with E-state index >= 15 is 0 Å². The highest BCUT2D eigenvalue weighted by atomic mass is 16.3. The zero-order valence-corrected chi connectivity index (χ0v) is 7.35. The van der Waals surface area contributed by atoms with E-state index in [9.17, 15) is 5.11 Å². The summed E-state index contributed by atoms with van der Waals surface area (Å²) in [6, 6.07) is 0. The summed E-state index contributed by atoms with van der Waals surface area (Å²) in [6.07, 6.45) is 4.50. The maximum Gasteiger partial charge on any atom is 0.0761 e. The van der Waals surface area contributed by atoms with E-state index in [2.05, 4.69) is 13.8 Å². The monoisotopic (exact) mass is 152 g/mol. The van der Waals surface area contributed by atoms with Gasteiger partial charge in [-0.25, -0.2) is 0 Å². The Kier molecular flexibility index (Phi) is 1.40. The summed E-state index contributed by atoms with van der Waals surface area (Å²) in [4.78, 5) is 0. The van der Waals surface area contributed by atoms with E-state index in [0.29, 0.717) is 5.41 Å². The molecule has 0 amide bonds. The molecule has 0 bridgehead atoms. The largest absolute Gasteiger partial charge is 0.389 e. The Bertz CT molecular complexity index is 213. The molecular formula is C10H16O. The van der Waals surface area contributed by atoms with E-state index in [4.69, 9.17) is 0 Å². The van der Waals surface area contributed by atoms with E-state index in [1.807, 2.05) is 0 Å². The van der Waals surface area contributed by atoms with Crippen LogP contribution in [0.1, 0.15) is 39.5 Å². The summed E-state index contributed by atoms with van der Waals surface area (Å²) in [5.74, 6) is 0.